The summed E-state index contributed by atoms with van der Waals surface area (Å²) in [5, 5.41) is 8.74. The summed E-state index contributed by atoms with van der Waals surface area (Å²) < 4.78 is 0.630. The van der Waals surface area contributed by atoms with Crippen LogP contribution in [0.4, 0.5) is 0 Å². The van der Waals surface area contributed by atoms with E-state index in [1.807, 2.05) is 0 Å². The summed E-state index contributed by atoms with van der Waals surface area (Å²) >= 11 is 3.16. The van der Waals surface area contributed by atoms with Crippen molar-refractivity contribution in [2.45, 2.75) is 18.9 Å². The number of fused-ring (bicyclic) bond motifs is 1. The Bertz CT molecular complexity index is 310. The van der Waals surface area contributed by atoms with Crippen LogP contribution in [-0.2, 0) is 9.59 Å². The van der Waals surface area contributed by atoms with Crippen molar-refractivity contribution >= 4 is 27.8 Å². The fourth-order valence-corrected chi connectivity index (χ4v) is 2.34. The molecule has 12 heavy (non-hydrogen) atoms. The normalized spacial score (nSPS) is 27.2. The van der Waals surface area contributed by atoms with Gasteiger partial charge in [-0.15, -0.1) is 0 Å². The summed E-state index contributed by atoms with van der Waals surface area (Å²) in [4.78, 5) is 23.0. The zero-order chi connectivity index (χ0) is 8.88. The number of amides is 1. The quantitative estimate of drug-likeness (QED) is 0.676. The van der Waals surface area contributed by atoms with Crippen LogP contribution in [0, 0.1) is 0 Å². The zero-order valence-electron chi connectivity index (χ0n) is 6.08. The SMILES string of the molecule is O=C(O)C1=C(Br)CC2CC(=O)N12. The molecule has 0 radical (unpaired) electrons. The number of hydrogen-bond donors (Lipinski definition) is 1. The van der Waals surface area contributed by atoms with Gasteiger partial charge in [0.15, 0.2) is 0 Å². The van der Waals surface area contributed by atoms with E-state index in [9.17, 15) is 9.59 Å². The Kier molecular flexibility index (Phi) is 1.51. The van der Waals surface area contributed by atoms with Gasteiger partial charge in [-0.05, 0) is 0 Å². The van der Waals surface area contributed by atoms with Crippen molar-refractivity contribution in [3.05, 3.63) is 10.2 Å². The molecule has 0 aromatic heterocycles. The van der Waals surface area contributed by atoms with Gasteiger partial charge >= 0.3 is 5.97 Å². The van der Waals surface area contributed by atoms with E-state index in [0.29, 0.717) is 17.3 Å². The average molecular weight is 232 g/mol. The standard InChI is InChI=1S/C7H6BrNO3/c8-4-1-3-2-5(10)9(3)6(4)7(11)12/h3H,1-2H2,(H,11,12). The Morgan fingerprint density at radius 2 is 2.25 bits per heavy atom. The van der Waals surface area contributed by atoms with E-state index in [4.69, 9.17) is 5.11 Å². The first-order valence-corrected chi connectivity index (χ1v) is 4.34. The molecule has 1 unspecified atom stereocenters. The van der Waals surface area contributed by atoms with E-state index in [2.05, 4.69) is 15.9 Å². The minimum atomic E-state index is -1.03. The molecule has 2 aliphatic heterocycles. The summed E-state index contributed by atoms with van der Waals surface area (Å²) in [6.45, 7) is 0. The molecule has 4 nitrogen and oxygen atoms in total. The number of hydrogen-bond acceptors (Lipinski definition) is 2. The number of carboxylic acids is 1. The molecular formula is C7H6BrNO3. The molecule has 0 saturated carbocycles. The molecule has 64 valence electrons. The Labute approximate surface area is 77.0 Å². The first-order valence-electron chi connectivity index (χ1n) is 3.55. The largest absolute Gasteiger partial charge is 0.477 e. The van der Waals surface area contributed by atoms with Crippen molar-refractivity contribution in [2.24, 2.45) is 0 Å². The molecule has 1 fully saturated rings. The molecule has 0 aliphatic carbocycles. The number of aliphatic carboxylic acids is 1. The van der Waals surface area contributed by atoms with Gasteiger partial charge in [-0.1, -0.05) is 15.9 Å². The molecule has 1 atom stereocenters. The van der Waals surface area contributed by atoms with Crippen LogP contribution < -0.4 is 0 Å². The van der Waals surface area contributed by atoms with E-state index in [-0.39, 0.29) is 17.6 Å². The molecule has 1 amide bonds. The summed E-state index contributed by atoms with van der Waals surface area (Å²) in [6, 6.07) is 0.0953. The maximum Gasteiger partial charge on any atom is 0.353 e. The zero-order valence-corrected chi connectivity index (χ0v) is 7.67. The number of nitrogens with zero attached hydrogens (tertiary/aromatic N) is 1. The number of rotatable bonds is 1. The average Bonchev–Trinajstić information content (AvgIpc) is 2.22. The summed E-state index contributed by atoms with van der Waals surface area (Å²) in [5.41, 5.74) is 0.122. The van der Waals surface area contributed by atoms with Crippen LogP contribution in [0.2, 0.25) is 0 Å². The monoisotopic (exact) mass is 231 g/mol. The number of β-lactam (4-membered cyclic amide) rings is 1. The molecule has 2 heterocycles. The predicted molar refractivity (Wildman–Crippen MR) is 43.5 cm³/mol. The van der Waals surface area contributed by atoms with E-state index in [0.717, 1.165) is 0 Å². The highest BCUT2D eigenvalue weighted by Gasteiger charge is 2.46. The van der Waals surface area contributed by atoms with Crippen LogP contribution in [0.25, 0.3) is 0 Å². The van der Waals surface area contributed by atoms with E-state index >= 15 is 0 Å². The molecule has 0 spiro atoms. The van der Waals surface area contributed by atoms with Crippen LogP contribution >= 0.6 is 15.9 Å². The molecular weight excluding hydrogens is 226 g/mol. The smallest absolute Gasteiger partial charge is 0.353 e. The van der Waals surface area contributed by atoms with Crippen molar-refractivity contribution in [1.29, 1.82) is 0 Å². The fourth-order valence-electron chi connectivity index (χ4n) is 1.61. The first-order chi connectivity index (χ1) is 5.61. The van der Waals surface area contributed by atoms with Crippen LogP contribution in [0.1, 0.15) is 12.8 Å². The Balaban J connectivity index is 2.34. The lowest BCUT2D eigenvalue weighted by Gasteiger charge is -2.34. The van der Waals surface area contributed by atoms with Crippen molar-refractivity contribution in [3.63, 3.8) is 0 Å². The van der Waals surface area contributed by atoms with E-state index in [1.165, 1.54) is 4.90 Å². The Morgan fingerprint density at radius 3 is 2.67 bits per heavy atom. The summed E-state index contributed by atoms with van der Waals surface area (Å²) in [5.74, 6) is -1.12. The molecule has 2 aliphatic rings. The van der Waals surface area contributed by atoms with Crippen molar-refractivity contribution in [3.8, 4) is 0 Å². The highest BCUT2D eigenvalue weighted by molar-refractivity contribution is 9.11. The molecule has 0 aromatic rings. The lowest BCUT2D eigenvalue weighted by atomic mass is 10.0. The molecule has 1 saturated heterocycles. The summed E-state index contributed by atoms with van der Waals surface area (Å²) in [6.07, 6.45) is 1.12. The number of halogens is 1. The van der Waals surface area contributed by atoms with E-state index < -0.39 is 5.97 Å². The van der Waals surface area contributed by atoms with Crippen molar-refractivity contribution < 1.29 is 14.7 Å². The second-order valence-electron chi connectivity index (χ2n) is 2.88. The van der Waals surface area contributed by atoms with Gasteiger partial charge in [-0.2, -0.15) is 0 Å². The van der Waals surface area contributed by atoms with Gasteiger partial charge in [0.25, 0.3) is 0 Å². The van der Waals surface area contributed by atoms with E-state index in [1.54, 1.807) is 0 Å². The van der Waals surface area contributed by atoms with Crippen molar-refractivity contribution in [1.82, 2.24) is 4.90 Å². The maximum atomic E-state index is 11.0. The molecule has 2 rings (SSSR count). The van der Waals surface area contributed by atoms with Crippen LogP contribution in [0.5, 0.6) is 0 Å². The Hall–Kier alpha value is -0.840. The fraction of sp³-hybridized carbons (Fsp3) is 0.429. The van der Waals surface area contributed by atoms with Crippen molar-refractivity contribution in [2.75, 3.05) is 0 Å². The minimum absolute atomic E-state index is 0.0909. The predicted octanol–water partition coefficient (Wildman–Crippen LogP) is 0.682. The lowest BCUT2D eigenvalue weighted by molar-refractivity contribution is -0.147. The van der Waals surface area contributed by atoms with Crippen LogP contribution in [0.3, 0.4) is 0 Å². The van der Waals surface area contributed by atoms with Gasteiger partial charge in [-0.3, -0.25) is 4.79 Å². The van der Waals surface area contributed by atoms with Gasteiger partial charge in [0.2, 0.25) is 5.91 Å². The van der Waals surface area contributed by atoms with Gasteiger partial charge < -0.3 is 10.0 Å². The molecule has 1 N–H and O–H groups in total. The minimum Gasteiger partial charge on any atom is -0.477 e. The number of carbonyl (C=O) groups excluding carboxylic acids is 1. The number of carboxylic acid groups (broad SMARTS) is 1. The third-order valence-electron chi connectivity index (χ3n) is 2.16. The molecule has 0 aromatic carbocycles. The van der Waals surface area contributed by atoms with Crippen LogP contribution in [-0.4, -0.2) is 27.9 Å². The highest BCUT2D eigenvalue weighted by atomic mass is 79.9. The van der Waals surface area contributed by atoms with Gasteiger partial charge in [0.1, 0.15) is 5.70 Å². The van der Waals surface area contributed by atoms with Gasteiger partial charge in [-0.25, -0.2) is 4.79 Å². The van der Waals surface area contributed by atoms with Gasteiger partial charge in [0, 0.05) is 17.3 Å². The lowest BCUT2D eigenvalue weighted by Crippen LogP contribution is -2.49. The summed E-state index contributed by atoms with van der Waals surface area (Å²) in [7, 11) is 0. The Morgan fingerprint density at radius 1 is 1.58 bits per heavy atom. The number of carbonyl (C=O) groups is 2. The topological polar surface area (TPSA) is 57.6 Å². The molecule has 5 heteroatoms. The second kappa shape index (κ2) is 2.32. The third-order valence-corrected chi connectivity index (χ3v) is 2.86. The van der Waals surface area contributed by atoms with Crippen LogP contribution in [0.15, 0.2) is 10.2 Å². The van der Waals surface area contributed by atoms with Gasteiger partial charge in [0.05, 0.1) is 6.04 Å². The maximum absolute atomic E-state index is 11.0. The second-order valence-corrected chi connectivity index (χ2v) is 3.84. The highest BCUT2D eigenvalue weighted by Crippen LogP contribution is 2.40. The third kappa shape index (κ3) is 0.827. The first kappa shape index (κ1) is 7.79. The molecule has 0 bridgehead atoms.